The molecule has 0 saturated heterocycles. The molecule has 0 spiro atoms. The Morgan fingerprint density at radius 3 is 3.07 bits per heavy atom. The van der Waals surface area contributed by atoms with E-state index in [0.717, 1.165) is 17.9 Å². The Morgan fingerprint density at radius 1 is 1.71 bits per heavy atom. The number of thioether (sulfide) groups is 1. The second kappa shape index (κ2) is 5.51. The van der Waals surface area contributed by atoms with Crippen LogP contribution in [0.1, 0.15) is 19.0 Å². The first-order valence-corrected chi connectivity index (χ1v) is 5.27. The Morgan fingerprint density at radius 2 is 2.50 bits per heavy atom. The minimum Gasteiger partial charge on any atom is -0.327 e. The second-order valence-electron chi connectivity index (χ2n) is 2.78. The minimum absolute atomic E-state index is 0.146. The highest BCUT2D eigenvalue weighted by Gasteiger charge is 1.92. The smallest absolute Gasteiger partial charge is 0.185 e. The number of rotatable bonds is 2. The van der Waals surface area contributed by atoms with E-state index in [2.05, 4.69) is 16.8 Å². The highest BCUT2D eigenvalue weighted by Crippen LogP contribution is 2.02. The van der Waals surface area contributed by atoms with Crippen LogP contribution in [0.15, 0.2) is 12.5 Å². The molecule has 0 amide bonds. The molecule has 0 N–H and O–H groups in total. The Balaban J connectivity index is 2.34. The van der Waals surface area contributed by atoms with Gasteiger partial charge in [-0.15, -0.1) is 0 Å². The predicted octanol–water partition coefficient (Wildman–Crippen LogP) is 1.44. The van der Waals surface area contributed by atoms with Crippen molar-refractivity contribution < 1.29 is 4.79 Å². The normalized spacial score (nSPS) is 9.29. The molecule has 4 heteroatoms. The number of imidazole rings is 1. The zero-order valence-corrected chi connectivity index (χ0v) is 9.10. The van der Waals surface area contributed by atoms with E-state index in [1.54, 1.807) is 19.4 Å². The molecule has 74 valence electrons. The Hall–Kier alpha value is -1.21. The molecule has 0 saturated carbocycles. The molecule has 1 heterocycles. The lowest BCUT2D eigenvalue weighted by molar-refractivity contribution is -0.109. The van der Waals surface area contributed by atoms with E-state index < -0.39 is 0 Å². The lowest BCUT2D eigenvalue weighted by atomic mass is 10.4. The van der Waals surface area contributed by atoms with Gasteiger partial charge in [0, 0.05) is 26.1 Å². The summed E-state index contributed by atoms with van der Waals surface area (Å²) in [7, 11) is 1.90. The maximum atomic E-state index is 10.6. The molecule has 0 aliphatic heterocycles. The molecule has 3 nitrogen and oxygen atoms in total. The molecule has 0 aliphatic rings. The third-order valence-electron chi connectivity index (χ3n) is 1.57. The first-order chi connectivity index (χ1) is 6.70. The number of aromatic nitrogens is 2. The van der Waals surface area contributed by atoms with E-state index in [1.807, 2.05) is 11.6 Å². The largest absolute Gasteiger partial charge is 0.327 e. The molecule has 0 aliphatic carbocycles. The molecule has 0 unspecified atom stereocenters. The lowest BCUT2D eigenvalue weighted by Gasteiger charge is -1.90. The number of aryl methyl sites for hydroxylation is 1. The summed E-state index contributed by atoms with van der Waals surface area (Å²) in [6, 6.07) is 0. The maximum Gasteiger partial charge on any atom is 0.185 e. The maximum absolute atomic E-state index is 10.6. The van der Waals surface area contributed by atoms with Gasteiger partial charge in [0.25, 0.3) is 0 Å². The summed E-state index contributed by atoms with van der Waals surface area (Å²) in [5.74, 6) is 6.76. The number of nitrogens with zero attached hydrogens (tertiary/aromatic N) is 2. The zero-order chi connectivity index (χ0) is 10.4. The van der Waals surface area contributed by atoms with Crippen molar-refractivity contribution in [2.24, 2.45) is 7.05 Å². The summed E-state index contributed by atoms with van der Waals surface area (Å²) >= 11 is 1.31. The molecule has 0 atom stereocenters. The lowest BCUT2D eigenvalue weighted by Crippen LogP contribution is -1.88. The van der Waals surface area contributed by atoms with Gasteiger partial charge in [-0.25, -0.2) is 4.98 Å². The van der Waals surface area contributed by atoms with Crippen LogP contribution < -0.4 is 0 Å². The quantitative estimate of drug-likeness (QED) is 0.545. The van der Waals surface area contributed by atoms with Gasteiger partial charge in [-0.05, 0) is 5.92 Å². The van der Waals surface area contributed by atoms with Crippen LogP contribution in [-0.4, -0.2) is 20.4 Å². The summed E-state index contributed by atoms with van der Waals surface area (Å²) in [4.78, 5) is 14.5. The van der Waals surface area contributed by atoms with Crippen LogP contribution in [0, 0.1) is 11.8 Å². The molecule has 1 aromatic rings. The average molecular weight is 208 g/mol. The Labute approximate surface area is 87.9 Å². The standard InChI is InChI=1S/C10H12N2OS/c1-9(13)14-6-4-3-5-10-7-11-8-12(10)2/h7-8H,4,6H2,1-2H3. The highest BCUT2D eigenvalue weighted by atomic mass is 32.2. The minimum atomic E-state index is 0.146. The van der Waals surface area contributed by atoms with E-state index in [1.165, 1.54) is 11.8 Å². The Bertz CT molecular complexity index is 373. The van der Waals surface area contributed by atoms with E-state index in [-0.39, 0.29) is 5.12 Å². The molecule has 1 aromatic heterocycles. The van der Waals surface area contributed by atoms with Crippen molar-refractivity contribution >= 4 is 16.9 Å². The number of hydrogen-bond donors (Lipinski definition) is 0. The fraction of sp³-hybridized carbons (Fsp3) is 0.400. The predicted molar refractivity (Wildman–Crippen MR) is 57.8 cm³/mol. The van der Waals surface area contributed by atoms with Crippen LogP contribution >= 0.6 is 11.8 Å². The van der Waals surface area contributed by atoms with Crippen molar-refractivity contribution in [3.63, 3.8) is 0 Å². The van der Waals surface area contributed by atoms with Crippen LogP contribution in [0.25, 0.3) is 0 Å². The summed E-state index contributed by atoms with van der Waals surface area (Å²) in [6.45, 7) is 1.57. The second-order valence-corrected chi connectivity index (χ2v) is 4.05. The fourth-order valence-electron chi connectivity index (χ4n) is 0.877. The van der Waals surface area contributed by atoms with E-state index >= 15 is 0 Å². The highest BCUT2D eigenvalue weighted by molar-refractivity contribution is 8.13. The molecule has 14 heavy (non-hydrogen) atoms. The number of hydrogen-bond acceptors (Lipinski definition) is 3. The van der Waals surface area contributed by atoms with Crippen LogP contribution in [0.4, 0.5) is 0 Å². The summed E-state index contributed by atoms with van der Waals surface area (Å²) in [6.07, 6.45) is 4.18. The third kappa shape index (κ3) is 3.67. The van der Waals surface area contributed by atoms with Crippen LogP contribution in [-0.2, 0) is 11.8 Å². The topological polar surface area (TPSA) is 34.9 Å². The van der Waals surface area contributed by atoms with Gasteiger partial charge in [0.15, 0.2) is 5.12 Å². The summed E-state index contributed by atoms with van der Waals surface area (Å²) < 4.78 is 1.87. The Kier molecular flexibility index (Phi) is 4.27. The molecule has 0 bridgehead atoms. The van der Waals surface area contributed by atoms with Gasteiger partial charge in [-0.3, -0.25) is 4.79 Å². The van der Waals surface area contributed by atoms with Gasteiger partial charge < -0.3 is 4.57 Å². The molecule has 0 fully saturated rings. The first kappa shape index (κ1) is 10.9. The van der Waals surface area contributed by atoms with Gasteiger partial charge in [0.1, 0.15) is 5.69 Å². The van der Waals surface area contributed by atoms with E-state index in [9.17, 15) is 4.79 Å². The molecular weight excluding hydrogens is 196 g/mol. The zero-order valence-electron chi connectivity index (χ0n) is 8.28. The molecule has 0 radical (unpaired) electrons. The van der Waals surface area contributed by atoms with Crippen molar-refractivity contribution in [3.05, 3.63) is 18.2 Å². The average Bonchev–Trinajstić information content (AvgIpc) is 2.51. The van der Waals surface area contributed by atoms with E-state index in [4.69, 9.17) is 0 Å². The van der Waals surface area contributed by atoms with Gasteiger partial charge >= 0.3 is 0 Å². The number of carbonyl (C=O) groups is 1. The summed E-state index contributed by atoms with van der Waals surface area (Å²) in [5, 5.41) is 0.146. The molecule has 1 rings (SSSR count). The third-order valence-corrected chi connectivity index (χ3v) is 2.38. The van der Waals surface area contributed by atoms with Crippen LogP contribution in [0.5, 0.6) is 0 Å². The molecular formula is C10H12N2OS. The SMILES string of the molecule is CC(=O)SCCC#Cc1cncn1C. The van der Waals surface area contributed by atoms with Crippen molar-refractivity contribution in [3.8, 4) is 11.8 Å². The van der Waals surface area contributed by atoms with Gasteiger partial charge in [0.05, 0.1) is 12.5 Å². The van der Waals surface area contributed by atoms with Gasteiger partial charge in [0.2, 0.25) is 0 Å². The van der Waals surface area contributed by atoms with Crippen molar-refractivity contribution in [1.82, 2.24) is 9.55 Å². The summed E-state index contributed by atoms with van der Waals surface area (Å²) in [5.41, 5.74) is 0.901. The monoisotopic (exact) mass is 208 g/mol. The van der Waals surface area contributed by atoms with Gasteiger partial charge in [-0.2, -0.15) is 0 Å². The van der Waals surface area contributed by atoms with Crippen molar-refractivity contribution in [2.75, 3.05) is 5.75 Å². The first-order valence-electron chi connectivity index (χ1n) is 4.28. The van der Waals surface area contributed by atoms with Gasteiger partial charge in [-0.1, -0.05) is 17.7 Å². The molecule has 0 aromatic carbocycles. The van der Waals surface area contributed by atoms with Crippen molar-refractivity contribution in [2.45, 2.75) is 13.3 Å². The van der Waals surface area contributed by atoms with E-state index in [0.29, 0.717) is 0 Å². The number of carbonyl (C=O) groups excluding carboxylic acids is 1. The van der Waals surface area contributed by atoms with Crippen LogP contribution in [0.3, 0.4) is 0 Å². The van der Waals surface area contributed by atoms with Crippen molar-refractivity contribution in [1.29, 1.82) is 0 Å². The van der Waals surface area contributed by atoms with Crippen LogP contribution in [0.2, 0.25) is 0 Å². The fourth-order valence-corrected chi connectivity index (χ4v) is 1.37.